The molecule has 1 amide bonds. The number of hydrogen-bond donors (Lipinski definition) is 1. The first kappa shape index (κ1) is 22.5. The highest BCUT2D eigenvalue weighted by Gasteiger charge is 2.23. The molecule has 0 atom stereocenters. The molecule has 0 bridgehead atoms. The summed E-state index contributed by atoms with van der Waals surface area (Å²) in [4.78, 5) is 14.8. The zero-order valence-corrected chi connectivity index (χ0v) is 17.8. The largest absolute Gasteiger partial charge is 0.489 e. The molecular formula is C22H28Cl2N2O2. The van der Waals surface area contributed by atoms with Crippen molar-refractivity contribution in [3.63, 3.8) is 0 Å². The average Bonchev–Trinajstić information content (AvgIpc) is 2.72. The number of halogens is 2. The van der Waals surface area contributed by atoms with E-state index in [4.69, 9.17) is 16.3 Å². The summed E-state index contributed by atoms with van der Waals surface area (Å²) >= 11 is 5.91. The third-order valence-electron chi connectivity index (χ3n) is 5.10. The van der Waals surface area contributed by atoms with E-state index in [1.165, 1.54) is 6.42 Å². The van der Waals surface area contributed by atoms with Crippen molar-refractivity contribution in [2.45, 2.75) is 25.9 Å². The first-order valence-corrected chi connectivity index (χ1v) is 9.94. The minimum absolute atomic E-state index is 0. The van der Waals surface area contributed by atoms with Gasteiger partial charge in [0.15, 0.2) is 0 Å². The summed E-state index contributed by atoms with van der Waals surface area (Å²) < 4.78 is 5.85. The van der Waals surface area contributed by atoms with Crippen LogP contribution in [0.1, 0.15) is 35.2 Å². The van der Waals surface area contributed by atoms with Gasteiger partial charge in [-0.1, -0.05) is 29.8 Å². The Balaban J connectivity index is 0.00000280. The maximum absolute atomic E-state index is 12.8. The maximum atomic E-state index is 12.8. The third kappa shape index (κ3) is 6.40. The van der Waals surface area contributed by atoms with Gasteiger partial charge >= 0.3 is 0 Å². The Morgan fingerprint density at radius 3 is 2.57 bits per heavy atom. The minimum atomic E-state index is 0. The lowest BCUT2D eigenvalue weighted by Crippen LogP contribution is -2.38. The summed E-state index contributed by atoms with van der Waals surface area (Å²) in [6, 6.07) is 15.0. The number of piperidine rings is 1. The van der Waals surface area contributed by atoms with Crippen molar-refractivity contribution < 1.29 is 9.53 Å². The fourth-order valence-corrected chi connectivity index (χ4v) is 3.55. The lowest BCUT2D eigenvalue weighted by atomic mass is 9.93. The molecule has 6 heteroatoms. The van der Waals surface area contributed by atoms with Crippen LogP contribution in [0.3, 0.4) is 0 Å². The molecule has 2 aromatic carbocycles. The molecule has 0 aromatic heterocycles. The number of amides is 1. The zero-order chi connectivity index (χ0) is 19.1. The Labute approximate surface area is 178 Å². The molecule has 28 heavy (non-hydrogen) atoms. The van der Waals surface area contributed by atoms with E-state index in [2.05, 4.69) is 5.32 Å². The van der Waals surface area contributed by atoms with Gasteiger partial charge in [0.1, 0.15) is 12.4 Å². The minimum Gasteiger partial charge on any atom is -0.489 e. The molecule has 0 radical (unpaired) electrons. The van der Waals surface area contributed by atoms with Crippen LogP contribution in [0.15, 0.2) is 48.5 Å². The molecule has 0 saturated carbocycles. The number of hydrogen-bond acceptors (Lipinski definition) is 3. The number of likely N-dealkylation sites (tertiary alicyclic amines) is 1. The molecule has 1 fully saturated rings. The summed E-state index contributed by atoms with van der Waals surface area (Å²) in [6.07, 6.45) is 3.35. The van der Waals surface area contributed by atoms with Crippen LogP contribution in [0.25, 0.3) is 0 Å². The highest BCUT2D eigenvalue weighted by Crippen LogP contribution is 2.23. The number of rotatable bonds is 7. The van der Waals surface area contributed by atoms with Gasteiger partial charge in [-0.15, -0.1) is 12.4 Å². The van der Waals surface area contributed by atoms with E-state index in [0.717, 1.165) is 44.0 Å². The molecule has 0 aliphatic carbocycles. The van der Waals surface area contributed by atoms with Crippen molar-refractivity contribution in [3.8, 4) is 5.75 Å². The number of ether oxygens (including phenoxy) is 1. The van der Waals surface area contributed by atoms with Crippen LogP contribution in [-0.4, -0.2) is 37.5 Å². The number of carbonyl (C=O) groups excluding carboxylic acids is 1. The fourth-order valence-electron chi connectivity index (χ4n) is 3.42. The van der Waals surface area contributed by atoms with E-state index in [9.17, 15) is 4.79 Å². The molecule has 1 saturated heterocycles. The predicted octanol–water partition coefficient (Wildman–Crippen LogP) is 4.80. The second kappa shape index (κ2) is 11.3. The summed E-state index contributed by atoms with van der Waals surface area (Å²) in [5.41, 5.74) is 1.73. The average molecular weight is 423 g/mol. The Morgan fingerprint density at radius 2 is 1.89 bits per heavy atom. The number of nitrogens with zero attached hydrogens (tertiary/aromatic N) is 1. The first-order chi connectivity index (χ1) is 13.2. The van der Waals surface area contributed by atoms with Crippen LogP contribution >= 0.6 is 24.0 Å². The van der Waals surface area contributed by atoms with Crippen LogP contribution in [-0.2, 0) is 6.61 Å². The van der Waals surface area contributed by atoms with Crippen molar-refractivity contribution in [3.05, 3.63) is 64.7 Å². The fraction of sp³-hybridized carbons (Fsp3) is 0.409. The molecule has 152 valence electrons. The molecule has 1 heterocycles. The van der Waals surface area contributed by atoms with Crippen LogP contribution in [0.5, 0.6) is 5.75 Å². The topological polar surface area (TPSA) is 41.6 Å². The van der Waals surface area contributed by atoms with Crippen molar-refractivity contribution in [2.24, 2.45) is 5.92 Å². The van der Waals surface area contributed by atoms with E-state index in [1.54, 1.807) is 0 Å². The predicted molar refractivity (Wildman–Crippen MR) is 117 cm³/mol. The molecule has 4 nitrogen and oxygen atoms in total. The molecule has 0 unspecified atom stereocenters. The van der Waals surface area contributed by atoms with Crippen molar-refractivity contribution in [2.75, 3.05) is 26.7 Å². The van der Waals surface area contributed by atoms with E-state index >= 15 is 0 Å². The summed E-state index contributed by atoms with van der Waals surface area (Å²) in [6.45, 7) is 3.17. The smallest absolute Gasteiger partial charge is 0.253 e. The summed E-state index contributed by atoms with van der Waals surface area (Å²) in [7, 11) is 1.99. The zero-order valence-electron chi connectivity index (χ0n) is 16.2. The summed E-state index contributed by atoms with van der Waals surface area (Å²) in [5, 5.41) is 3.92. The number of benzene rings is 2. The van der Waals surface area contributed by atoms with Gasteiger partial charge in [0, 0.05) is 23.7 Å². The van der Waals surface area contributed by atoms with E-state index in [1.807, 2.05) is 60.5 Å². The number of nitrogens with one attached hydrogen (secondary N) is 1. The van der Waals surface area contributed by atoms with Gasteiger partial charge < -0.3 is 15.0 Å². The van der Waals surface area contributed by atoms with Crippen molar-refractivity contribution in [1.29, 1.82) is 0 Å². The molecule has 1 N–H and O–H groups in total. The van der Waals surface area contributed by atoms with Crippen LogP contribution in [0, 0.1) is 5.92 Å². The van der Waals surface area contributed by atoms with Crippen molar-refractivity contribution >= 4 is 29.9 Å². The van der Waals surface area contributed by atoms with Crippen molar-refractivity contribution in [1.82, 2.24) is 10.2 Å². The van der Waals surface area contributed by atoms with Crippen LogP contribution in [0.4, 0.5) is 0 Å². The standard InChI is InChI=1S/C22H27ClN2O2.ClH/c1-24-12-9-17-10-13-25(14-11-17)22(26)19-3-2-4-21(15-19)27-16-18-5-7-20(23)8-6-18;/h2-8,15,17,24H,9-14,16H2,1H3;1H. The lowest BCUT2D eigenvalue weighted by molar-refractivity contribution is 0.0686. The Morgan fingerprint density at radius 1 is 1.18 bits per heavy atom. The third-order valence-corrected chi connectivity index (χ3v) is 5.36. The first-order valence-electron chi connectivity index (χ1n) is 9.57. The molecule has 1 aliphatic rings. The Kier molecular flexibility index (Phi) is 9.10. The molecule has 1 aliphatic heterocycles. The second-order valence-corrected chi connectivity index (χ2v) is 7.51. The van der Waals surface area contributed by atoms with Gasteiger partial charge in [0.2, 0.25) is 0 Å². The van der Waals surface area contributed by atoms with Crippen LogP contribution in [0.2, 0.25) is 5.02 Å². The van der Waals surface area contributed by atoms with E-state index < -0.39 is 0 Å². The highest BCUT2D eigenvalue weighted by molar-refractivity contribution is 6.30. The lowest BCUT2D eigenvalue weighted by Gasteiger charge is -2.32. The van der Waals surface area contributed by atoms with Gasteiger partial charge in [-0.2, -0.15) is 0 Å². The van der Waals surface area contributed by atoms with Gasteiger partial charge in [-0.25, -0.2) is 0 Å². The molecule has 2 aromatic rings. The summed E-state index contributed by atoms with van der Waals surface area (Å²) in [5.74, 6) is 1.52. The van der Waals surface area contributed by atoms with Gasteiger partial charge in [-0.3, -0.25) is 4.79 Å². The quantitative estimate of drug-likeness (QED) is 0.696. The number of carbonyl (C=O) groups is 1. The van der Waals surface area contributed by atoms with E-state index in [0.29, 0.717) is 22.9 Å². The SMILES string of the molecule is CNCCC1CCN(C(=O)c2cccc(OCc3ccc(Cl)cc3)c2)CC1.Cl. The van der Waals surface area contributed by atoms with Gasteiger partial charge in [0.05, 0.1) is 0 Å². The van der Waals surface area contributed by atoms with Gasteiger partial charge in [0.25, 0.3) is 5.91 Å². The Bertz CT molecular complexity index is 744. The highest BCUT2D eigenvalue weighted by atomic mass is 35.5. The Hall–Kier alpha value is -1.75. The van der Waals surface area contributed by atoms with E-state index in [-0.39, 0.29) is 18.3 Å². The normalized spacial score (nSPS) is 14.4. The molecule has 3 rings (SSSR count). The van der Waals surface area contributed by atoms with Gasteiger partial charge in [-0.05, 0) is 74.7 Å². The monoisotopic (exact) mass is 422 g/mol. The molecule has 0 spiro atoms. The molecular weight excluding hydrogens is 395 g/mol. The van der Waals surface area contributed by atoms with Crippen LogP contribution < -0.4 is 10.1 Å². The second-order valence-electron chi connectivity index (χ2n) is 7.07. The maximum Gasteiger partial charge on any atom is 0.253 e.